The molecular formula is C10H21NO2S. The topological polar surface area (TPSA) is 37.4 Å². The number of rotatable bonds is 3. The van der Waals surface area contributed by atoms with E-state index in [1.54, 1.807) is 0 Å². The molecule has 4 heteroatoms. The molecule has 0 aromatic heterocycles. The van der Waals surface area contributed by atoms with Crippen LogP contribution in [0.5, 0.6) is 0 Å². The molecule has 0 atom stereocenters. The molecule has 0 saturated carbocycles. The van der Waals surface area contributed by atoms with Crippen molar-refractivity contribution in [3.05, 3.63) is 0 Å². The first kappa shape index (κ1) is 12.0. The van der Waals surface area contributed by atoms with Gasteiger partial charge in [-0.2, -0.15) is 0 Å². The smallest absolute Gasteiger partial charge is 0.150 e. The predicted molar refractivity (Wildman–Crippen MR) is 59.1 cm³/mol. The summed E-state index contributed by atoms with van der Waals surface area (Å²) in [5.74, 6) is 0.671. The minimum atomic E-state index is -2.80. The fraction of sp³-hybridized carbons (Fsp3) is 1.00. The van der Waals surface area contributed by atoms with Crippen molar-refractivity contribution in [2.75, 3.05) is 25.9 Å². The lowest BCUT2D eigenvalue weighted by Gasteiger charge is -2.31. The van der Waals surface area contributed by atoms with Gasteiger partial charge in [-0.25, -0.2) is 8.42 Å². The molecule has 0 radical (unpaired) electrons. The standard InChI is InChI=1S/C10H21NO2S/c1-9(2)8-11-6-4-10(5-7-11)14(3,12)13/h9-10H,4-8H2,1-3H3. The van der Waals surface area contributed by atoms with Crippen molar-refractivity contribution in [2.24, 2.45) is 5.92 Å². The maximum absolute atomic E-state index is 11.3. The van der Waals surface area contributed by atoms with Crippen LogP contribution in [0.25, 0.3) is 0 Å². The Morgan fingerprint density at radius 2 is 1.79 bits per heavy atom. The lowest BCUT2D eigenvalue weighted by molar-refractivity contribution is 0.207. The molecule has 0 aromatic rings. The summed E-state index contributed by atoms with van der Waals surface area (Å²) in [6.45, 7) is 7.37. The van der Waals surface area contributed by atoms with Crippen LogP contribution in [-0.4, -0.2) is 44.5 Å². The molecule has 3 nitrogen and oxygen atoms in total. The molecule has 0 N–H and O–H groups in total. The number of piperidine rings is 1. The van der Waals surface area contributed by atoms with E-state index in [0.717, 1.165) is 32.5 Å². The first-order valence-corrected chi connectivity index (χ1v) is 7.26. The van der Waals surface area contributed by atoms with Gasteiger partial charge in [0, 0.05) is 12.8 Å². The van der Waals surface area contributed by atoms with Crippen LogP contribution in [0.4, 0.5) is 0 Å². The van der Waals surface area contributed by atoms with Gasteiger partial charge in [-0.3, -0.25) is 0 Å². The molecule has 1 rings (SSSR count). The molecule has 1 aliphatic rings. The van der Waals surface area contributed by atoms with Gasteiger partial charge in [0.1, 0.15) is 9.84 Å². The predicted octanol–water partition coefficient (Wildman–Crippen LogP) is 1.15. The summed E-state index contributed by atoms with van der Waals surface area (Å²) in [6, 6.07) is 0. The summed E-state index contributed by atoms with van der Waals surface area (Å²) >= 11 is 0. The van der Waals surface area contributed by atoms with Crippen molar-refractivity contribution in [2.45, 2.75) is 31.9 Å². The average Bonchev–Trinajstić information content (AvgIpc) is 2.02. The Balaban J connectivity index is 2.39. The van der Waals surface area contributed by atoms with E-state index in [2.05, 4.69) is 18.7 Å². The molecule has 1 aliphatic heterocycles. The minimum absolute atomic E-state index is 0.0917. The van der Waals surface area contributed by atoms with Crippen molar-refractivity contribution in [1.82, 2.24) is 4.90 Å². The zero-order chi connectivity index (χ0) is 10.8. The second kappa shape index (κ2) is 4.62. The molecule has 0 amide bonds. The van der Waals surface area contributed by atoms with Crippen molar-refractivity contribution >= 4 is 9.84 Å². The number of nitrogens with zero attached hydrogens (tertiary/aromatic N) is 1. The van der Waals surface area contributed by atoms with Gasteiger partial charge in [-0.15, -0.1) is 0 Å². The normalized spacial score (nSPS) is 21.7. The second-order valence-electron chi connectivity index (χ2n) is 4.72. The van der Waals surface area contributed by atoms with Crippen LogP contribution < -0.4 is 0 Å². The van der Waals surface area contributed by atoms with E-state index in [-0.39, 0.29) is 5.25 Å². The molecular weight excluding hydrogens is 198 g/mol. The molecule has 1 heterocycles. The molecule has 0 aromatic carbocycles. The summed E-state index contributed by atoms with van der Waals surface area (Å²) in [7, 11) is -2.80. The highest BCUT2D eigenvalue weighted by molar-refractivity contribution is 7.91. The van der Waals surface area contributed by atoms with Gasteiger partial charge in [0.25, 0.3) is 0 Å². The minimum Gasteiger partial charge on any atom is -0.303 e. The van der Waals surface area contributed by atoms with Gasteiger partial charge in [0.05, 0.1) is 5.25 Å². The van der Waals surface area contributed by atoms with Crippen molar-refractivity contribution in [1.29, 1.82) is 0 Å². The van der Waals surface area contributed by atoms with Crippen molar-refractivity contribution in [3.63, 3.8) is 0 Å². The molecule has 14 heavy (non-hydrogen) atoms. The Labute approximate surface area is 87.4 Å². The second-order valence-corrected chi connectivity index (χ2v) is 7.05. The summed E-state index contributed by atoms with van der Waals surface area (Å²) < 4.78 is 22.6. The highest BCUT2D eigenvalue weighted by atomic mass is 32.2. The van der Waals surface area contributed by atoms with E-state index in [1.807, 2.05) is 0 Å². The SMILES string of the molecule is CC(C)CN1CCC(S(C)(=O)=O)CC1. The Morgan fingerprint density at radius 1 is 1.29 bits per heavy atom. The fourth-order valence-corrected chi connectivity index (χ4v) is 3.10. The van der Waals surface area contributed by atoms with E-state index >= 15 is 0 Å². The van der Waals surface area contributed by atoms with Gasteiger partial charge in [0.2, 0.25) is 0 Å². The van der Waals surface area contributed by atoms with E-state index in [9.17, 15) is 8.42 Å². The van der Waals surface area contributed by atoms with Gasteiger partial charge in [-0.1, -0.05) is 13.8 Å². The van der Waals surface area contributed by atoms with Gasteiger partial charge in [-0.05, 0) is 31.8 Å². The maximum atomic E-state index is 11.3. The Hall–Kier alpha value is -0.0900. The number of hydrogen-bond acceptors (Lipinski definition) is 3. The number of hydrogen-bond donors (Lipinski definition) is 0. The Kier molecular flexibility index (Phi) is 3.95. The van der Waals surface area contributed by atoms with E-state index < -0.39 is 9.84 Å². The van der Waals surface area contributed by atoms with Gasteiger partial charge < -0.3 is 4.90 Å². The van der Waals surface area contributed by atoms with E-state index in [4.69, 9.17) is 0 Å². The van der Waals surface area contributed by atoms with Crippen LogP contribution >= 0.6 is 0 Å². The lowest BCUT2D eigenvalue weighted by atomic mass is 10.1. The van der Waals surface area contributed by atoms with E-state index in [0.29, 0.717) is 5.92 Å². The van der Waals surface area contributed by atoms with Crippen LogP contribution in [0.1, 0.15) is 26.7 Å². The van der Waals surface area contributed by atoms with Crippen LogP contribution in [-0.2, 0) is 9.84 Å². The maximum Gasteiger partial charge on any atom is 0.150 e. The molecule has 0 unspecified atom stereocenters. The van der Waals surface area contributed by atoms with Gasteiger partial charge in [0.15, 0.2) is 0 Å². The summed E-state index contributed by atoms with van der Waals surface area (Å²) in [5.41, 5.74) is 0. The molecule has 1 saturated heterocycles. The highest BCUT2D eigenvalue weighted by Gasteiger charge is 2.26. The Bertz CT molecular complexity index is 264. The molecule has 0 bridgehead atoms. The third-order valence-electron chi connectivity index (χ3n) is 2.76. The van der Waals surface area contributed by atoms with Crippen LogP contribution in [0.15, 0.2) is 0 Å². The summed E-state index contributed by atoms with van der Waals surface area (Å²) in [4.78, 5) is 2.37. The first-order chi connectivity index (χ1) is 6.39. The molecule has 0 spiro atoms. The zero-order valence-electron chi connectivity index (χ0n) is 9.36. The largest absolute Gasteiger partial charge is 0.303 e. The number of sulfone groups is 1. The highest BCUT2D eigenvalue weighted by Crippen LogP contribution is 2.17. The quantitative estimate of drug-likeness (QED) is 0.714. The molecule has 1 fully saturated rings. The van der Waals surface area contributed by atoms with Crippen molar-refractivity contribution < 1.29 is 8.42 Å². The lowest BCUT2D eigenvalue weighted by Crippen LogP contribution is -2.40. The van der Waals surface area contributed by atoms with Gasteiger partial charge >= 0.3 is 0 Å². The monoisotopic (exact) mass is 219 g/mol. The summed E-state index contributed by atoms with van der Waals surface area (Å²) in [6.07, 6.45) is 2.98. The van der Waals surface area contributed by atoms with E-state index in [1.165, 1.54) is 6.26 Å². The van der Waals surface area contributed by atoms with Crippen LogP contribution in [0.2, 0.25) is 0 Å². The number of likely N-dealkylation sites (tertiary alicyclic amines) is 1. The van der Waals surface area contributed by atoms with Crippen LogP contribution in [0.3, 0.4) is 0 Å². The first-order valence-electron chi connectivity index (χ1n) is 5.31. The Morgan fingerprint density at radius 3 is 2.14 bits per heavy atom. The van der Waals surface area contributed by atoms with Crippen molar-refractivity contribution in [3.8, 4) is 0 Å². The molecule has 84 valence electrons. The molecule has 0 aliphatic carbocycles. The average molecular weight is 219 g/mol. The third kappa shape index (κ3) is 3.58. The van der Waals surface area contributed by atoms with Crippen LogP contribution in [0, 0.1) is 5.92 Å². The zero-order valence-corrected chi connectivity index (χ0v) is 10.2. The summed E-state index contributed by atoms with van der Waals surface area (Å²) in [5, 5.41) is -0.0917. The third-order valence-corrected chi connectivity index (χ3v) is 4.45. The fourth-order valence-electron chi connectivity index (χ4n) is 2.04.